The molecule has 0 aliphatic carbocycles. The summed E-state index contributed by atoms with van der Waals surface area (Å²) in [6.45, 7) is 0. The van der Waals surface area contributed by atoms with Crippen molar-refractivity contribution in [3.63, 3.8) is 0 Å². The third-order valence-electron chi connectivity index (χ3n) is 1.93. The fraction of sp³-hybridized carbons (Fsp3) is 0. The Morgan fingerprint density at radius 3 is 2.86 bits per heavy atom. The molecule has 0 aliphatic heterocycles. The molecule has 2 rings (SSSR count). The second-order valence-electron chi connectivity index (χ2n) is 2.89. The van der Waals surface area contributed by atoms with Gasteiger partial charge in [-0.3, -0.25) is 0 Å². The van der Waals surface area contributed by atoms with Crippen LogP contribution in [0.4, 0.5) is 5.69 Å². The molecular formula is C11H7NO2. The zero-order valence-corrected chi connectivity index (χ0v) is 7.28. The molecule has 14 heavy (non-hydrogen) atoms. The lowest BCUT2D eigenvalue weighted by Gasteiger charge is -1.97. The van der Waals surface area contributed by atoms with Gasteiger partial charge in [-0.25, -0.2) is 4.79 Å². The first kappa shape index (κ1) is 8.39. The molecule has 68 valence electrons. The maximum atomic E-state index is 11.1. The normalized spacial score (nSPS) is 9.93. The van der Waals surface area contributed by atoms with Crippen molar-refractivity contribution >= 4 is 16.7 Å². The Morgan fingerprint density at radius 2 is 2.14 bits per heavy atom. The Kier molecular flexibility index (Phi) is 1.76. The van der Waals surface area contributed by atoms with Gasteiger partial charge in [0, 0.05) is 10.9 Å². The molecule has 0 fully saturated rings. The van der Waals surface area contributed by atoms with Crippen LogP contribution in [-0.4, -0.2) is 0 Å². The van der Waals surface area contributed by atoms with Gasteiger partial charge in [-0.2, -0.15) is 0 Å². The molecule has 3 heteroatoms. The number of anilines is 1. The maximum Gasteiger partial charge on any atom is 0.359 e. The SMILES string of the molecule is C#Cc1ccc2cc(N)c(=O)oc2c1. The third kappa shape index (κ3) is 1.23. The summed E-state index contributed by atoms with van der Waals surface area (Å²) in [5.41, 5.74) is 6.11. The molecule has 1 aromatic heterocycles. The van der Waals surface area contributed by atoms with Gasteiger partial charge < -0.3 is 10.2 Å². The Balaban J connectivity index is 2.85. The first-order chi connectivity index (χ1) is 6.70. The highest BCUT2D eigenvalue weighted by Gasteiger charge is 2.01. The van der Waals surface area contributed by atoms with Gasteiger partial charge in [-0.15, -0.1) is 6.42 Å². The van der Waals surface area contributed by atoms with E-state index in [2.05, 4.69) is 5.92 Å². The molecular weight excluding hydrogens is 178 g/mol. The smallest absolute Gasteiger partial charge is 0.359 e. The number of nitrogens with two attached hydrogens (primary N) is 1. The summed E-state index contributed by atoms with van der Waals surface area (Å²) < 4.78 is 4.96. The predicted molar refractivity (Wildman–Crippen MR) is 54.8 cm³/mol. The number of hydrogen-bond acceptors (Lipinski definition) is 3. The van der Waals surface area contributed by atoms with Crippen molar-refractivity contribution in [2.75, 3.05) is 5.73 Å². The van der Waals surface area contributed by atoms with E-state index in [-0.39, 0.29) is 5.69 Å². The highest BCUT2D eigenvalue weighted by atomic mass is 16.4. The average Bonchev–Trinajstić information content (AvgIpc) is 2.19. The number of benzene rings is 1. The summed E-state index contributed by atoms with van der Waals surface area (Å²) in [7, 11) is 0. The van der Waals surface area contributed by atoms with Crippen LogP contribution < -0.4 is 11.4 Å². The maximum absolute atomic E-state index is 11.1. The van der Waals surface area contributed by atoms with Crippen LogP contribution in [0.5, 0.6) is 0 Å². The zero-order valence-electron chi connectivity index (χ0n) is 7.28. The first-order valence-corrected chi connectivity index (χ1v) is 4.01. The largest absolute Gasteiger partial charge is 0.421 e. The van der Waals surface area contributed by atoms with Crippen LogP contribution >= 0.6 is 0 Å². The summed E-state index contributed by atoms with van der Waals surface area (Å²) >= 11 is 0. The molecule has 0 radical (unpaired) electrons. The molecule has 0 unspecified atom stereocenters. The van der Waals surface area contributed by atoms with Crippen molar-refractivity contribution < 1.29 is 4.42 Å². The van der Waals surface area contributed by atoms with Gasteiger partial charge in [0.15, 0.2) is 0 Å². The minimum Gasteiger partial charge on any atom is -0.421 e. The number of terminal acetylenes is 1. The summed E-state index contributed by atoms with van der Waals surface area (Å²) in [6, 6.07) is 6.74. The molecule has 3 nitrogen and oxygen atoms in total. The Morgan fingerprint density at radius 1 is 1.36 bits per heavy atom. The molecule has 0 aliphatic rings. The van der Waals surface area contributed by atoms with E-state index < -0.39 is 5.63 Å². The monoisotopic (exact) mass is 185 g/mol. The number of fused-ring (bicyclic) bond motifs is 1. The van der Waals surface area contributed by atoms with Crippen LogP contribution in [0, 0.1) is 12.3 Å². The molecule has 0 saturated carbocycles. The highest BCUT2D eigenvalue weighted by molar-refractivity contribution is 5.80. The molecule has 1 aromatic carbocycles. The van der Waals surface area contributed by atoms with E-state index in [1.54, 1.807) is 24.3 Å². The van der Waals surface area contributed by atoms with E-state index in [0.29, 0.717) is 11.1 Å². The Hall–Kier alpha value is -2.21. The van der Waals surface area contributed by atoms with Crippen LogP contribution in [0.3, 0.4) is 0 Å². The standard InChI is InChI=1S/C11H7NO2/c1-2-7-3-4-8-6-9(12)11(13)14-10(8)5-7/h1,3-6H,12H2. The van der Waals surface area contributed by atoms with Crippen LogP contribution in [-0.2, 0) is 0 Å². The fourth-order valence-electron chi connectivity index (χ4n) is 1.22. The molecule has 0 saturated heterocycles. The van der Waals surface area contributed by atoms with E-state index in [1.807, 2.05) is 0 Å². The zero-order chi connectivity index (χ0) is 10.1. The Bertz CT molecular complexity index is 590. The van der Waals surface area contributed by atoms with E-state index in [9.17, 15) is 4.79 Å². The number of nitrogen functional groups attached to an aromatic ring is 1. The lowest BCUT2D eigenvalue weighted by molar-refractivity contribution is 0.564. The van der Waals surface area contributed by atoms with Crippen molar-refractivity contribution in [1.82, 2.24) is 0 Å². The van der Waals surface area contributed by atoms with Crippen molar-refractivity contribution in [3.05, 3.63) is 40.2 Å². The van der Waals surface area contributed by atoms with Crippen LogP contribution in [0.1, 0.15) is 5.56 Å². The summed E-state index contributed by atoms with van der Waals surface area (Å²) in [5, 5.41) is 0.765. The van der Waals surface area contributed by atoms with E-state index in [1.165, 1.54) is 0 Å². The van der Waals surface area contributed by atoms with Crippen LogP contribution in [0.15, 0.2) is 33.5 Å². The van der Waals surface area contributed by atoms with Gasteiger partial charge in [0.25, 0.3) is 0 Å². The minimum atomic E-state index is -0.535. The quantitative estimate of drug-likeness (QED) is 0.498. The number of rotatable bonds is 0. The van der Waals surface area contributed by atoms with Crippen LogP contribution in [0.25, 0.3) is 11.0 Å². The first-order valence-electron chi connectivity index (χ1n) is 4.01. The Labute approximate surface area is 80.1 Å². The van der Waals surface area contributed by atoms with Gasteiger partial charge in [0.05, 0.1) is 0 Å². The number of hydrogen-bond donors (Lipinski definition) is 1. The van der Waals surface area contributed by atoms with Gasteiger partial charge in [0.2, 0.25) is 0 Å². The second kappa shape index (κ2) is 2.93. The summed E-state index contributed by atoms with van der Waals surface area (Å²) in [5.74, 6) is 2.46. The predicted octanol–water partition coefficient (Wildman–Crippen LogP) is 1.36. The lowest BCUT2D eigenvalue weighted by atomic mass is 10.1. The van der Waals surface area contributed by atoms with E-state index in [4.69, 9.17) is 16.6 Å². The molecule has 2 N–H and O–H groups in total. The molecule has 1 heterocycles. The van der Waals surface area contributed by atoms with Crippen LogP contribution in [0.2, 0.25) is 0 Å². The van der Waals surface area contributed by atoms with Gasteiger partial charge in [-0.1, -0.05) is 5.92 Å². The second-order valence-corrected chi connectivity index (χ2v) is 2.89. The van der Waals surface area contributed by atoms with Crippen molar-refractivity contribution in [1.29, 1.82) is 0 Å². The average molecular weight is 185 g/mol. The fourth-order valence-corrected chi connectivity index (χ4v) is 1.22. The van der Waals surface area contributed by atoms with E-state index >= 15 is 0 Å². The van der Waals surface area contributed by atoms with Crippen molar-refractivity contribution in [3.8, 4) is 12.3 Å². The minimum absolute atomic E-state index is 0.103. The lowest BCUT2D eigenvalue weighted by Crippen LogP contribution is -2.05. The molecule has 0 amide bonds. The van der Waals surface area contributed by atoms with Crippen molar-refractivity contribution in [2.24, 2.45) is 0 Å². The summed E-state index contributed by atoms with van der Waals surface area (Å²) in [6.07, 6.45) is 5.21. The van der Waals surface area contributed by atoms with Gasteiger partial charge >= 0.3 is 5.63 Å². The molecule has 2 aromatic rings. The van der Waals surface area contributed by atoms with E-state index in [0.717, 1.165) is 5.39 Å². The molecule has 0 bridgehead atoms. The topological polar surface area (TPSA) is 56.2 Å². The van der Waals surface area contributed by atoms with Gasteiger partial charge in [0.1, 0.15) is 11.3 Å². The van der Waals surface area contributed by atoms with Crippen molar-refractivity contribution in [2.45, 2.75) is 0 Å². The highest BCUT2D eigenvalue weighted by Crippen LogP contribution is 2.15. The molecule has 0 atom stereocenters. The third-order valence-corrected chi connectivity index (χ3v) is 1.93. The van der Waals surface area contributed by atoms with Gasteiger partial charge in [-0.05, 0) is 24.3 Å². The molecule has 0 spiro atoms. The summed E-state index contributed by atoms with van der Waals surface area (Å²) in [4.78, 5) is 11.1.